The highest BCUT2D eigenvalue weighted by Gasteiger charge is 2.23. The predicted molar refractivity (Wildman–Crippen MR) is 86.9 cm³/mol. The van der Waals surface area contributed by atoms with Crippen LogP contribution < -0.4 is 10.1 Å². The maximum Gasteiger partial charge on any atom is 0.255 e. The lowest BCUT2D eigenvalue weighted by atomic mass is 9.96. The van der Waals surface area contributed by atoms with E-state index in [1.807, 2.05) is 6.07 Å². The third-order valence-electron chi connectivity index (χ3n) is 4.25. The first-order valence-electron chi connectivity index (χ1n) is 8.06. The molecule has 3 nitrogen and oxygen atoms in total. The summed E-state index contributed by atoms with van der Waals surface area (Å²) in [4.78, 5) is 12.5. The summed E-state index contributed by atoms with van der Waals surface area (Å²) in [6.07, 6.45) is 3.28. The van der Waals surface area contributed by atoms with Crippen molar-refractivity contribution in [3.63, 3.8) is 0 Å². The van der Waals surface area contributed by atoms with Gasteiger partial charge in [-0.25, -0.2) is 8.78 Å². The Labute approximate surface area is 139 Å². The van der Waals surface area contributed by atoms with Gasteiger partial charge in [-0.1, -0.05) is 18.2 Å². The maximum atomic E-state index is 13.8. The summed E-state index contributed by atoms with van der Waals surface area (Å²) in [7, 11) is 0. The lowest BCUT2D eigenvalue weighted by Gasteiger charge is -2.27. The van der Waals surface area contributed by atoms with Crippen LogP contribution in [0.3, 0.4) is 0 Å². The summed E-state index contributed by atoms with van der Waals surface area (Å²) in [6.45, 7) is 1.66. The van der Waals surface area contributed by atoms with Crippen LogP contribution in [0.1, 0.15) is 48.1 Å². The van der Waals surface area contributed by atoms with Crippen molar-refractivity contribution in [1.82, 2.24) is 5.32 Å². The molecule has 0 aromatic heterocycles. The van der Waals surface area contributed by atoms with Gasteiger partial charge in [-0.15, -0.1) is 0 Å². The van der Waals surface area contributed by atoms with Crippen molar-refractivity contribution in [2.45, 2.75) is 38.3 Å². The van der Waals surface area contributed by atoms with E-state index in [9.17, 15) is 13.6 Å². The molecule has 0 radical (unpaired) electrons. The number of halogens is 2. The van der Waals surface area contributed by atoms with Crippen LogP contribution in [0.5, 0.6) is 5.75 Å². The standard InChI is InChI=1S/C19H19F2NO2/c1-12(15-10-9-13(20)11-17(15)21)22-19(23)16-7-2-3-8-18(16)24-14-5-4-6-14/h2-3,7-12,14H,4-6H2,1H3,(H,22,23). The number of nitrogens with one attached hydrogen (secondary N) is 1. The summed E-state index contributed by atoms with van der Waals surface area (Å²) < 4.78 is 32.7. The molecule has 1 aliphatic rings. The number of benzene rings is 2. The molecule has 1 N–H and O–H groups in total. The van der Waals surface area contributed by atoms with Crippen molar-refractivity contribution < 1.29 is 18.3 Å². The highest BCUT2D eigenvalue weighted by atomic mass is 19.1. The second kappa shape index (κ2) is 6.99. The van der Waals surface area contributed by atoms with E-state index in [-0.39, 0.29) is 17.6 Å². The van der Waals surface area contributed by atoms with Gasteiger partial charge >= 0.3 is 0 Å². The van der Waals surface area contributed by atoms with Crippen LogP contribution in [-0.4, -0.2) is 12.0 Å². The van der Waals surface area contributed by atoms with Gasteiger partial charge in [0.25, 0.3) is 5.91 Å². The molecule has 0 heterocycles. The molecule has 0 saturated heterocycles. The molecule has 1 saturated carbocycles. The van der Waals surface area contributed by atoms with E-state index >= 15 is 0 Å². The summed E-state index contributed by atoms with van der Waals surface area (Å²) in [5.41, 5.74) is 0.654. The van der Waals surface area contributed by atoms with Crippen LogP contribution in [0, 0.1) is 11.6 Å². The smallest absolute Gasteiger partial charge is 0.255 e. The zero-order chi connectivity index (χ0) is 17.1. The summed E-state index contributed by atoms with van der Waals surface area (Å²) in [6, 6.07) is 9.74. The Morgan fingerprint density at radius 1 is 1.21 bits per heavy atom. The number of carbonyl (C=O) groups is 1. The molecule has 0 bridgehead atoms. The molecule has 2 aromatic carbocycles. The Bertz CT molecular complexity index is 744. The molecule has 1 amide bonds. The number of carbonyl (C=O) groups excluding carboxylic acids is 1. The van der Waals surface area contributed by atoms with E-state index < -0.39 is 17.7 Å². The minimum absolute atomic E-state index is 0.158. The monoisotopic (exact) mass is 331 g/mol. The van der Waals surface area contributed by atoms with Gasteiger partial charge in [0.1, 0.15) is 17.4 Å². The van der Waals surface area contributed by atoms with Crippen molar-refractivity contribution >= 4 is 5.91 Å². The average Bonchev–Trinajstić information content (AvgIpc) is 2.51. The van der Waals surface area contributed by atoms with Crippen molar-refractivity contribution in [2.24, 2.45) is 0 Å². The van der Waals surface area contributed by atoms with Crippen molar-refractivity contribution in [3.05, 3.63) is 65.2 Å². The second-order valence-electron chi connectivity index (χ2n) is 6.03. The normalized spacial score (nSPS) is 15.5. The molecule has 1 aliphatic carbocycles. The summed E-state index contributed by atoms with van der Waals surface area (Å²) in [5.74, 6) is -1.14. The number of ether oxygens (including phenoxy) is 1. The lowest BCUT2D eigenvalue weighted by molar-refractivity contribution is 0.0914. The molecule has 0 spiro atoms. The third-order valence-corrected chi connectivity index (χ3v) is 4.25. The maximum absolute atomic E-state index is 13.8. The second-order valence-corrected chi connectivity index (χ2v) is 6.03. The number of para-hydroxylation sites is 1. The SMILES string of the molecule is CC(NC(=O)c1ccccc1OC1CCC1)c1ccc(F)cc1F. The van der Waals surface area contributed by atoms with Crippen molar-refractivity contribution in [1.29, 1.82) is 0 Å². The van der Waals surface area contributed by atoms with Gasteiger partial charge in [0, 0.05) is 11.6 Å². The van der Waals surface area contributed by atoms with Gasteiger partial charge in [0.15, 0.2) is 0 Å². The molecular formula is C19H19F2NO2. The summed E-state index contributed by atoms with van der Waals surface area (Å²) >= 11 is 0. The molecule has 1 fully saturated rings. The fraction of sp³-hybridized carbons (Fsp3) is 0.316. The average molecular weight is 331 g/mol. The first-order valence-corrected chi connectivity index (χ1v) is 8.06. The van der Waals surface area contributed by atoms with Gasteiger partial charge in [-0.05, 0) is 44.4 Å². The number of hydrogen-bond acceptors (Lipinski definition) is 2. The first-order chi connectivity index (χ1) is 11.5. The van der Waals surface area contributed by atoms with Crippen LogP contribution in [-0.2, 0) is 0 Å². The van der Waals surface area contributed by atoms with Crippen LogP contribution in [0.15, 0.2) is 42.5 Å². The molecule has 2 aromatic rings. The van der Waals surface area contributed by atoms with E-state index in [4.69, 9.17) is 4.74 Å². The third kappa shape index (κ3) is 3.55. The van der Waals surface area contributed by atoms with E-state index in [0.29, 0.717) is 11.3 Å². The fourth-order valence-corrected chi connectivity index (χ4v) is 2.63. The number of amides is 1. The van der Waals surface area contributed by atoms with Gasteiger partial charge in [-0.2, -0.15) is 0 Å². The number of hydrogen-bond donors (Lipinski definition) is 1. The minimum atomic E-state index is -0.679. The van der Waals surface area contributed by atoms with Crippen molar-refractivity contribution in [3.8, 4) is 5.75 Å². The topological polar surface area (TPSA) is 38.3 Å². The zero-order valence-electron chi connectivity index (χ0n) is 13.4. The predicted octanol–water partition coefficient (Wildman–Crippen LogP) is 4.39. The van der Waals surface area contributed by atoms with E-state index in [1.54, 1.807) is 25.1 Å². The van der Waals surface area contributed by atoms with Crippen LogP contribution in [0.25, 0.3) is 0 Å². The Morgan fingerprint density at radius 2 is 1.96 bits per heavy atom. The quantitative estimate of drug-likeness (QED) is 0.882. The molecule has 1 unspecified atom stereocenters. The van der Waals surface area contributed by atoms with Crippen LogP contribution in [0.2, 0.25) is 0 Å². The Kier molecular flexibility index (Phi) is 4.79. The Balaban J connectivity index is 1.74. The molecule has 3 rings (SSSR count). The molecule has 5 heteroatoms. The van der Waals surface area contributed by atoms with Gasteiger partial charge < -0.3 is 10.1 Å². The van der Waals surface area contributed by atoms with E-state index in [1.165, 1.54) is 12.1 Å². The highest BCUT2D eigenvalue weighted by Crippen LogP contribution is 2.28. The Hall–Kier alpha value is -2.43. The first kappa shape index (κ1) is 16.4. The molecule has 0 aliphatic heterocycles. The number of rotatable bonds is 5. The summed E-state index contributed by atoms with van der Waals surface area (Å²) in [5, 5.41) is 2.74. The molecular weight excluding hydrogens is 312 g/mol. The minimum Gasteiger partial charge on any atom is -0.490 e. The van der Waals surface area contributed by atoms with Crippen LogP contribution in [0.4, 0.5) is 8.78 Å². The van der Waals surface area contributed by atoms with Gasteiger partial charge in [0.05, 0.1) is 17.7 Å². The Morgan fingerprint density at radius 3 is 2.62 bits per heavy atom. The van der Waals surface area contributed by atoms with E-state index in [0.717, 1.165) is 25.3 Å². The molecule has 1 atom stereocenters. The van der Waals surface area contributed by atoms with Gasteiger partial charge in [-0.3, -0.25) is 4.79 Å². The highest BCUT2D eigenvalue weighted by molar-refractivity contribution is 5.97. The molecule has 24 heavy (non-hydrogen) atoms. The zero-order valence-corrected chi connectivity index (χ0v) is 13.4. The van der Waals surface area contributed by atoms with E-state index in [2.05, 4.69) is 5.32 Å². The largest absolute Gasteiger partial charge is 0.490 e. The lowest BCUT2D eigenvalue weighted by Crippen LogP contribution is -2.29. The fourth-order valence-electron chi connectivity index (χ4n) is 2.63. The van der Waals surface area contributed by atoms with Crippen LogP contribution >= 0.6 is 0 Å². The van der Waals surface area contributed by atoms with Gasteiger partial charge in [0.2, 0.25) is 0 Å². The molecule has 126 valence electrons. The van der Waals surface area contributed by atoms with Crippen molar-refractivity contribution in [2.75, 3.05) is 0 Å².